The number of fused-ring (bicyclic) bond motifs is 1. The van der Waals surface area contributed by atoms with Gasteiger partial charge in [-0.25, -0.2) is 4.39 Å². The quantitative estimate of drug-likeness (QED) is 0.246. The summed E-state index contributed by atoms with van der Waals surface area (Å²) in [5.74, 6) is 1.49. The monoisotopic (exact) mass is 591 g/mol. The Balaban J connectivity index is 1.14. The van der Waals surface area contributed by atoms with Crippen molar-refractivity contribution < 1.29 is 23.4 Å². The maximum atomic E-state index is 14.1. The molecular formula is C34H44FN4O4+. The number of methoxy groups -OCH3 is 1. The number of hydrogen-bond acceptors (Lipinski definition) is 7. The van der Waals surface area contributed by atoms with Crippen LogP contribution in [0.25, 0.3) is 0 Å². The molecule has 3 aromatic rings. The van der Waals surface area contributed by atoms with Gasteiger partial charge in [0.25, 0.3) is 0 Å². The molecule has 0 amide bonds. The number of anilines is 1. The smallest absolute Gasteiger partial charge is 0.190 e. The number of nitrogens with two attached hydrogens (primary N) is 1. The van der Waals surface area contributed by atoms with E-state index in [2.05, 4.69) is 40.5 Å². The zero-order valence-corrected chi connectivity index (χ0v) is 25.1. The number of halogens is 1. The lowest BCUT2D eigenvalue weighted by Crippen LogP contribution is -2.53. The molecule has 0 bridgehead atoms. The number of ether oxygens (including phenoxy) is 3. The van der Waals surface area contributed by atoms with Crippen molar-refractivity contribution >= 4 is 11.4 Å². The Morgan fingerprint density at radius 1 is 1.05 bits per heavy atom. The molecule has 0 aromatic heterocycles. The molecule has 6 rings (SSSR count). The zero-order valence-electron chi connectivity index (χ0n) is 25.1. The first-order valence-corrected chi connectivity index (χ1v) is 15.5. The fraction of sp³-hybridized carbons (Fsp3) is 0.471. The summed E-state index contributed by atoms with van der Waals surface area (Å²) in [4.78, 5) is 8.93. The molecule has 0 spiro atoms. The fourth-order valence-corrected chi connectivity index (χ4v) is 6.72. The minimum Gasteiger partial charge on any atom is -0.490 e. The second kappa shape index (κ2) is 13.6. The van der Waals surface area contributed by atoms with E-state index in [0.29, 0.717) is 17.9 Å². The van der Waals surface area contributed by atoms with Crippen molar-refractivity contribution in [2.45, 2.75) is 43.9 Å². The predicted octanol–water partition coefficient (Wildman–Crippen LogP) is 4.76. The molecule has 230 valence electrons. The van der Waals surface area contributed by atoms with E-state index in [0.717, 1.165) is 99.1 Å². The lowest BCUT2D eigenvalue weighted by Gasteiger charge is -2.37. The lowest BCUT2D eigenvalue weighted by atomic mass is 9.84. The van der Waals surface area contributed by atoms with Crippen LogP contribution in [0.4, 0.5) is 15.8 Å². The van der Waals surface area contributed by atoms with Gasteiger partial charge in [0.2, 0.25) is 0 Å². The molecule has 0 saturated carbocycles. The number of piperidine rings is 1. The number of benzene rings is 3. The Labute approximate surface area is 254 Å². The van der Waals surface area contributed by atoms with E-state index >= 15 is 0 Å². The molecular weight excluding hydrogens is 547 g/mol. The molecule has 3 heterocycles. The van der Waals surface area contributed by atoms with Crippen LogP contribution in [0.2, 0.25) is 0 Å². The van der Waals surface area contributed by atoms with Crippen LogP contribution in [-0.4, -0.2) is 71.7 Å². The van der Waals surface area contributed by atoms with Crippen LogP contribution < -0.4 is 30.2 Å². The van der Waals surface area contributed by atoms with Crippen LogP contribution in [0, 0.1) is 5.82 Å². The van der Waals surface area contributed by atoms with Crippen LogP contribution in [-0.2, 0) is 16.1 Å². The highest BCUT2D eigenvalue weighted by Gasteiger charge is 2.39. The predicted molar refractivity (Wildman–Crippen MR) is 167 cm³/mol. The lowest BCUT2D eigenvalue weighted by molar-refractivity contribution is -0.0261. The number of hydroxylamine groups is 2. The third-order valence-electron chi connectivity index (χ3n) is 8.92. The summed E-state index contributed by atoms with van der Waals surface area (Å²) in [5, 5.41) is 3.45. The summed E-state index contributed by atoms with van der Waals surface area (Å²) in [6.45, 7) is 6.82. The average Bonchev–Trinajstić information content (AvgIpc) is 3.50. The van der Waals surface area contributed by atoms with Crippen molar-refractivity contribution in [3.8, 4) is 11.5 Å². The minimum atomic E-state index is -0.241. The van der Waals surface area contributed by atoms with Gasteiger partial charge in [0.05, 0.1) is 24.9 Å². The molecule has 0 aliphatic carbocycles. The fourth-order valence-electron chi connectivity index (χ4n) is 6.72. The van der Waals surface area contributed by atoms with Gasteiger partial charge in [0, 0.05) is 70.3 Å². The first kappa shape index (κ1) is 29.8. The summed E-state index contributed by atoms with van der Waals surface area (Å²) in [7, 11) is 1.74. The molecule has 3 aromatic carbocycles. The SMILES string of the molecule is COCCCN1CCOc2ccc(COC3CNC[C@@H](N)C3c3ccc(O[N+]4(c5cccc(F)c5)CCCC4)cc3)cc21. The van der Waals surface area contributed by atoms with Crippen LogP contribution >= 0.6 is 0 Å². The van der Waals surface area contributed by atoms with Crippen molar-refractivity contribution in [1.82, 2.24) is 9.96 Å². The van der Waals surface area contributed by atoms with Crippen LogP contribution in [0.1, 0.15) is 36.3 Å². The second-order valence-corrected chi connectivity index (χ2v) is 11.9. The molecule has 43 heavy (non-hydrogen) atoms. The van der Waals surface area contributed by atoms with Gasteiger partial charge in [-0.1, -0.05) is 24.3 Å². The summed E-state index contributed by atoms with van der Waals surface area (Å²) < 4.78 is 32.1. The highest BCUT2D eigenvalue weighted by molar-refractivity contribution is 5.61. The minimum absolute atomic E-state index is 0.0416. The molecule has 3 aliphatic rings. The molecule has 3 N–H and O–H groups in total. The van der Waals surface area contributed by atoms with Gasteiger partial charge in [0.1, 0.15) is 31.3 Å². The highest BCUT2D eigenvalue weighted by Crippen LogP contribution is 2.36. The summed E-state index contributed by atoms with van der Waals surface area (Å²) >= 11 is 0. The Morgan fingerprint density at radius 3 is 2.67 bits per heavy atom. The standard InChI is InChI=1S/C34H44FN4O4/c1-40-18-5-14-38-15-19-41-32-13-8-25(20-31(32)38)24-42-33-23-37-22-30(36)34(33)26-9-11-29(12-10-26)43-39(16-2-3-17-39)28-7-4-6-27(35)21-28/h4,6-13,20-21,30,33-34,37H,2-3,5,14-19,22-24,36H2,1H3/q+1/t30-,33?,34?/m1/s1. The highest BCUT2D eigenvalue weighted by atomic mass is 19.1. The Kier molecular flexibility index (Phi) is 9.45. The van der Waals surface area contributed by atoms with Crippen molar-refractivity contribution in [3.05, 3.63) is 83.7 Å². The Hall–Kier alpha value is -3.21. The summed E-state index contributed by atoms with van der Waals surface area (Å²) in [6, 6.07) is 21.3. The van der Waals surface area contributed by atoms with Crippen molar-refractivity contribution in [2.24, 2.45) is 5.73 Å². The van der Waals surface area contributed by atoms with Gasteiger partial charge in [-0.15, -0.1) is 4.65 Å². The number of rotatable bonds is 11. The van der Waals surface area contributed by atoms with E-state index < -0.39 is 0 Å². The molecule has 9 heteroatoms. The topological polar surface area (TPSA) is 78.2 Å². The molecule has 2 fully saturated rings. The van der Waals surface area contributed by atoms with Gasteiger partial charge in [-0.3, -0.25) is 0 Å². The largest absolute Gasteiger partial charge is 0.490 e. The van der Waals surface area contributed by atoms with Crippen LogP contribution in [0.15, 0.2) is 66.7 Å². The van der Waals surface area contributed by atoms with Crippen molar-refractivity contribution in [3.63, 3.8) is 0 Å². The third kappa shape index (κ3) is 6.81. The number of nitrogens with zero attached hydrogens (tertiary/aromatic N) is 2. The first-order valence-electron chi connectivity index (χ1n) is 15.5. The van der Waals surface area contributed by atoms with E-state index in [9.17, 15) is 4.39 Å². The molecule has 2 unspecified atom stereocenters. The van der Waals surface area contributed by atoms with Gasteiger partial charge >= 0.3 is 0 Å². The Morgan fingerprint density at radius 2 is 1.88 bits per heavy atom. The van der Waals surface area contributed by atoms with Crippen molar-refractivity contribution in [2.75, 3.05) is 64.5 Å². The van der Waals surface area contributed by atoms with E-state index in [4.69, 9.17) is 24.8 Å². The normalized spacial score (nSPS) is 23.0. The van der Waals surface area contributed by atoms with Crippen molar-refractivity contribution in [1.29, 1.82) is 0 Å². The number of hydrogen-bond donors (Lipinski definition) is 2. The average molecular weight is 592 g/mol. The molecule has 3 atom stereocenters. The van der Waals surface area contributed by atoms with E-state index in [1.807, 2.05) is 18.2 Å². The Bertz CT molecular complexity index is 1350. The maximum absolute atomic E-state index is 14.1. The van der Waals surface area contributed by atoms with Gasteiger partial charge in [0.15, 0.2) is 11.4 Å². The molecule has 2 saturated heterocycles. The van der Waals surface area contributed by atoms with Gasteiger partial charge in [-0.2, -0.15) is 0 Å². The number of quaternary nitrogens is 1. The van der Waals surface area contributed by atoms with E-state index in [1.54, 1.807) is 19.2 Å². The third-order valence-corrected chi connectivity index (χ3v) is 8.92. The van der Waals surface area contributed by atoms with Crippen LogP contribution in [0.5, 0.6) is 11.5 Å². The van der Waals surface area contributed by atoms with E-state index in [1.165, 1.54) is 6.07 Å². The second-order valence-electron chi connectivity index (χ2n) is 11.9. The molecule has 0 radical (unpaired) electrons. The van der Waals surface area contributed by atoms with Gasteiger partial charge < -0.3 is 35.0 Å². The molecule has 3 aliphatic heterocycles. The summed E-state index contributed by atoms with van der Waals surface area (Å²) in [5.41, 5.74) is 10.9. The van der Waals surface area contributed by atoms with E-state index in [-0.39, 0.29) is 23.9 Å². The molecule has 8 nitrogen and oxygen atoms in total. The maximum Gasteiger partial charge on any atom is 0.190 e. The first-order chi connectivity index (χ1) is 21.0. The number of nitrogens with one attached hydrogen (secondary N) is 1. The zero-order chi connectivity index (χ0) is 29.6. The van der Waals surface area contributed by atoms with Crippen LogP contribution in [0.3, 0.4) is 0 Å². The van der Waals surface area contributed by atoms with Gasteiger partial charge in [-0.05, 0) is 47.9 Å². The summed E-state index contributed by atoms with van der Waals surface area (Å²) in [6.07, 6.45) is 2.98.